The third kappa shape index (κ3) is 4.80. The molecule has 2 rings (SSSR count). The van der Waals surface area contributed by atoms with Gasteiger partial charge >= 0.3 is 12.6 Å². The quantitative estimate of drug-likeness (QED) is 0.842. The highest BCUT2D eigenvalue weighted by atomic mass is 19.3. The van der Waals surface area contributed by atoms with Crippen molar-refractivity contribution < 1.29 is 27.4 Å². The number of urea groups is 1. The summed E-state index contributed by atoms with van der Waals surface area (Å²) in [4.78, 5) is 11.9. The van der Waals surface area contributed by atoms with E-state index in [-0.39, 0.29) is 23.7 Å². The number of carbonyl (C=O) groups is 1. The first-order valence-corrected chi connectivity index (χ1v) is 6.90. The molecule has 5 nitrogen and oxygen atoms in total. The molecule has 8 heteroatoms. The molecule has 0 saturated carbocycles. The van der Waals surface area contributed by atoms with Crippen molar-refractivity contribution in [3.05, 3.63) is 53.8 Å². The zero-order valence-corrected chi connectivity index (χ0v) is 12.7. The number of carbonyl (C=O) groups excluding carboxylic acids is 1. The highest BCUT2D eigenvalue weighted by Gasteiger charge is 2.11. The Balaban J connectivity index is 1.99. The molecule has 24 heavy (non-hydrogen) atoms. The van der Waals surface area contributed by atoms with Crippen molar-refractivity contribution in [2.24, 2.45) is 0 Å². The number of benzene rings is 2. The Bertz CT molecular complexity index is 711. The summed E-state index contributed by atoms with van der Waals surface area (Å²) in [6.07, 6.45) is 0. The fourth-order valence-corrected chi connectivity index (χ4v) is 1.97. The lowest BCUT2D eigenvalue weighted by Crippen LogP contribution is -2.28. The third-order valence-electron chi connectivity index (χ3n) is 3.04. The van der Waals surface area contributed by atoms with E-state index in [1.54, 1.807) is 18.2 Å². The fraction of sp³-hybridized carbons (Fsp3) is 0.188. The second kappa shape index (κ2) is 8.09. The molecule has 2 aromatic carbocycles. The van der Waals surface area contributed by atoms with E-state index in [2.05, 4.69) is 15.4 Å². The van der Waals surface area contributed by atoms with Crippen LogP contribution in [0.4, 0.5) is 23.7 Å². The molecule has 0 aromatic heterocycles. The molecule has 0 spiro atoms. The van der Waals surface area contributed by atoms with Gasteiger partial charge in [0.25, 0.3) is 0 Å². The number of alkyl halides is 2. The van der Waals surface area contributed by atoms with Crippen LogP contribution in [0, 0.1) is 5.82 Å². The number of anilines is 1. The molecule has 0 fully saturated rings. The van der Waals surface area contributed by atoms with E-state index in [0.717, 1.165) is 6.07 Å². The molecular weight excluding hydrogens is 325 g/mol. The first kappa shape index (κ1) is 17.5. The average Bonchev–Trinajstić information content (AvgIpc) is 2.55. The van der Waals surface area contributed by atoms with Crippen LogP contribution >= 0.6 is 0 Å². The highest BCUT2D eigenvalue weighted by molar-refractivity contribution is 5.90. The predicted octanol–water partition coefficient (Wildman–Crippen LogP) is 3.76. The van der Waals surface area contributed by atoms with Crippen molar-refractivity contribution in [2.45, 2.75) is 13.2 Å². The molecule has 0 aliphatic rings. The second-order valence-corrected chi connectivity index (χ2v) is 4.64. The van der Waals surface area contributed by atoms with Gasteiger partial charge in [0.15, 0.2) is 0 Å². The number of rotatable bonds is 6. The minimum atomic E-state index is -2.96. The summed E-state index contributed by atoms with van der Waals surface area (Å²) >= 11 is 0. The summed E-state index contributed by atoms with van der Waals surface area (Å²) in [5, 5.41) is 4.99. The standard InChI is InChI=1S/C16H15F3N2O3/c1-23-14-8-11(17)6-7-12(14)21-16(22)20-9-10-4-2-3-5-13(10)24-15(18)19/h2-8,15H,9H2,1H3,(H2,20,21,22). The SMILES string of the molecule is COc1cc(F)ccc1NC(=O)NCc1ccccc1OC(F)F. The molecular formula is C16H15F3N2O3. The van der Waals surface area contributed by atoms with Crippen molar-refractivity contribution in [1.82, 2.24) is 5.32 Å². The van der Waals surface area contributed by atoms with Gasteiger partial charge in [-0.3, -0.25) is 0 Å². The molecule has 0 aliphatic heterocycles. The summed E-state index contributed by atoms with van der Waals surface area (Å²) in [7, 11) is 1.34. The zero-order chi connectivity index (χ0) is 17.5. The van der Waals surface area contributed by atoms with Gasteiger partial charge in [-0.15, -0.1) is 0 Å². The third-order valence-corrected chi connectivity index (χ3v) is 3.04. The van der Waals surface area contributed by atoms with Gasteiger partial charge in [0.05, 0.1) is 12.8 Å². The van der Waals surface area contributed by atoms with Crippen molar-refractivity contribution in [2.75, 3.05) is 12.4 Å². The molecule has 0 atom stereocenters. The number of hydrogen-bond acceptors (Lipinski definition) is 3. The number of amides is 2. The van der Waals surface area contributed by atoms with Crippen molar-refractivity contribution in [1.29, 1.82) is 0 Å². The number of ether oxygens (including phenoxy) is 2. The van der Waals surface area contributed by atoms with Crippen LogP contribution < -0.4 is 20.1 Å². The molecule has 0 aliphatic carbocycles. The summed E-state index contributed by atoms with van der Waals surface area (Å²) in [6.45, 7) is -2.98. The summed E-state index contributed by atoms with van der Waals surface area (Å²) in [6, 6.07) is 9.15. The van der Waals surface area contributed by atoms with Gasteiger partial charge < -0.3 is 20.1 Å². The maximum Gasteiger partial charge on any atom is 0.387 e. The van der Waals surface area contributed by atoms with Gasteiger partial charge in [0.1, 0.15) is 17.3 Å². The van der Waals surface area contributed by atoms with Gasteiger partial charge in [0, 0.05) is 18.2 Å². The van der Waals surface area contributed by atoms with E-state index < -0.39 is 18.5 Å². The molecule has 0 bridgehead atoms. The lowest BCUT2D eigenvalue weighted by atomic mass is 10.2. The van der Waals surface area contributed by atoms with Gasteiger partial charge in [-0.1, -0.05) is 18.2 Å². The minimum absolute atomic E-state index is 0.0211. The van der Waals surface area contributed by atoms with Crippen molar-refractivity contribution in [3.8, 4) is 11.5 Å². The molecule has 0 unspecified atom stereocenters. The molecule has 0 saturated heterocycles. The molecule has 0 radical (unpaired) electrons. The van der Waals surface area contributed by atoms with E-state index in [1.165, 1.54) is 25.3 Å². The van der Waals surface area contributed by atoms with Crippen LogP contribution in [-0.2, 0) is 6.54 Å². The molecule has 128 valence electrons. The van der Waals surface area contributed by atoms with Gasteiger partial charge in [-0.2, -0.15) is 8.78 Å². The van der Waals surface area contributed by atoms with E-state index in [4.69, 9.17) is 4.74 Å². The minimum Gasteiger partial charge on any atom is -0.494 e. The summed E-state index contributed by atoms with van der Waals surface area (Å²) in [5.74, 6) is -0.366. The maximum atomic E-state index is 13.1. The predicted molar refractivity (Wildman–Crippen MR) is 81.9 cm³/mol. The van der Waals surface area contributed by atoms with E-state index in [1.807, 2.05) is 0 Å². The van der Waals surface area contributed by atoms with Crippen LogP contribution in [0.5, 0.6) is 11.5 Å². The number of hydrogen-bond donors (Lipinski definition) is 2. The van der Waals surface area contributed by atoms with E-state index in [0.29, 0.717) is 5.56 Å². The maximum absolute atomic E-state index is 13.1. The van der Waals surface area contributed by atoms with Crippen molar-refractivity contribution >= 4 is 11.7 Å². The van der Waals surface area contributed by atoms with Gasteiger partial charge in [-0.25, -0.2) is 9.18 Å². The molecule has 0 heterocycles. The molecule has 2 amide bonds. The lowest BCUT2D eigenvalue weighted by Gasteiger charge is -2.13. The Kier molecular flexibility index (Phi) is 5.89. The second-order valence-electron chi connectivity index (χ2n) is 4.64. The van der Waals surface area contributed by atoms with Crippen LogP contribution in [0.15, 0.2) is 42.5 Å². The topological polar surface area (TPSA) is 59.6 Å². The molecule has 2 N–H and O–H groups in total. The highest BCUT2D eigenvalue weighted by Crippen LogP contribution is 2.25. The Labute approximate surface area is 136 Å². The molecule has 2 aromatic rings. The Hall–Kier alpha value is -2.90. The zero-order valence-electron chi connectivity index (χ0n) is 12.7. The van der Waals surface area contributed by atoms with Crippen LogP contribution in [0.2, 0.25) is 0 Å². The van der Waals surface area contributed by atoms with Gasteiger partial charge in [0.2, 0.25) is 0 Å². The smallest absolute Gasteiger partial charge is 0.387 e. The largest absolute Gasteiger partial charge is 0.494 e. The Morgan fingerprint density at radius 3 is 2.62 bits per heavy atom. The first-order chi connectivity index (χ1) is 11.5. The number of halogens is 3. The van der Waals surface area contributed by atoms with Crippen LogP contribution in [0.1, 0.15) is 5.56 Å². The normalized spacial score (nSPS) is 10.4. The number of methoxy groups -OCH3 is 1. The lowest BCUT2D eigenvalue weighted by molar-refractivity contribution is -0.0504. The summed E-state index contributed by atoms with van der Waals surface area (Å²) in [5.41, 5.74) is 0.660. The van der Waals surface area contributed by atoms with Crippen LogP contribution in [-0.4, -0.2) is 19.8 Å². The van der Waals surface area contributed by atoms with Crippen molar-refractivity contribution in [3.63, 3.8) is 0 Å². The van der Waals surface area contributed by atoms with E-state index >= 15 is 0 Å². The van der Waals surface area contributed by atoms with Crippen LogP contribution in [0.3, 0.4) is 0 Å². The van der Waals surface area contributed by atoms with Gasteiger partial charge in [-0.05, 0) is 18.2 Å². The first-order valence-electron chi connectivity index (χ1n) is 6.90. The van der Waals surface area contributed by atoms with Crippen LogP contribution in [0.25, 0.3) is 0 Å². The fourth-order valence-electron chi connectivity index (χ4n) is 1.97. The summed E-state index contributed by atoms with van der Waals surface area (Å²) < 4.78 is 47.1. The average molecular weight is 340 g/mol. The number of nitrogens with one attached hydrogen (secondary N) is 2. The monoisotopic (exact) mass is 340 g/mol. The van der Waals surface area contributed by atoms with E-state index in [9.17, 15) is 18.0 Å². The Morgan fingerprint density at radius 2 is 1.92 bits per heavy atom. The Morgan fingerprint density at radius 1 is 1.17 bits per heavy atom. The number of para-hydroxylation sites is 1.